The summed E-state index contributed by atoms with van der Waals surface area (Å²) in [5, 5.41) is 0. The summed E-state index contributed by atoms with van der Waals surface area (Å²) in [5.74, 6) is 0.339. The summed E-state index contributed by atoms with van der Waals surface area (Å²) in [6.45, 7) is 0.562. The number of halogens is 1. The highest BCUT2D eigenvalue weighted by atomic mass is 35.5. The third kappa shape index (κ3) is 5.93. The van der Waals surface area contributed by atoms with Crippen LogP contribution < -0.4 is 4.74 Å². The number of hydrogen-bond acceptors (Lipinski definition) is 5. The smallest absolute Gasteiger partial charge is 0.338 e. The summed E-state index contributed by atoms with van der Waals surface area (Å²) in [5.41, 5.74) is 0.861. The number of benzene rings is 1. The summed E-state index contributed by atoms with van der Waals surface area (Å²) in [4.78, 5) is 23.2. The van der Waals surface area contributed by atoms with E-state index < -0.39 is 11.9 Å². The second-order valence-electron chi connectivity index (χ2n) is 4.66. The zero-order chi connectivity index (χ0) is 16.4. The standard InChI is InChI=1S/C16H21ClO5/c1-20-15(18)11-12-10-13(22-9-5-3-4-8-17)6-7-14(12)16(19)21-2/h6-7,10H,3-5,8-9,11H2,1-2H3. The third-order valence-electron chi connectivity index (χ3n) is 3.09. The average molecular weight is 329 g/mol. The van der Waals surface area contributed by atoms with Gasteiger partial charge in [-0.15, -0.1) is 11.6 Å². The van der Waals surface area contributed by atoms with Gasteiger partial charge in [0, 0.05) is 5.88 Å². The third-order valence-corrected chi connectivity index (χ3v) is 3.36. The Hall–Kier alpha value is -1.75. The second-order valence-corrected chi connectivity index (χ2v) is 5.04. The van der Waals surface area contributed by atoms with Crippen LogP contribution in [0.15, 0.2) is 18.2 Å². The maximum absolute atomic E-state index is 11.7. The van der Waals surface area contributed by atoms with Crippen molar-refractivity contribution < 1.29 is 23.8 Å². The van der Waals surface area contributed by atoms with Crippen LogP contribution in [-0.2, 0) is 20.7 Å². The first kappa shape index (κ1) is 18.3. The SMILES string of the molecule is COC(=O)Cc1cc(OCCCCCCl)ccc1C(=O)OC. The Morgan fingerprint density at radius 2 is 1.86 bits per heavy atom. The van der Waals surface area contributed by atoms with Crippen LogP contribution in [0.25, 0.3) is 0 Å². The van der Waals surface area contributed by atoms with Crippen molar-refractivity contribution in [2.45, 2.75) is 25.7 Å². The summed E-state index contributed by atoms with van der Waals surface area (Å²) in [6.07, 6.45) is 2.85. The molecule has 0 aliphatic carbocycles. The van der Waals surface area contributed by atoms with Crippen molar-refractivity contribution in [1.82, 2.24) is 0 Å². The number of hydrogen-bond donors (Lipinski definition) is 0. The van der Waals surface area contributed by atoms with E-state index in [-0.39, 0.29) is 6.42 Å². The molecule has 5 nitrogen and oxygen atoms in total. The molecule has 0 aliphatic heterocycles. The Bertz CT molecular complexity index is 501. The Balaban J connectivity index is 2.77. The molecule has 0 heterocycles. The minimum atomic E-state index is -0.493. The highest BCUT2D eigenvalue weighted by Gasteiger charge is 2.16. The predicted octanol–water partition coefficient (Wildman–Crippen LogP) is 2.98. The number of carbonyl (C=O) groups is 2. The highest BCUT2D eigenvalue weighted by molar-refractivity contribution is 6.17. The van der Waals surface area contributed by atoms with Crippen LogP contribution in [0.5, 0.6) is 5.75 Å². The van der Waals surface area contributed by atoms with Gasteiger partial charge in [0.2, 0.25) is 0 Å². The lowest BCUT2D eigenvalue weighted by Crippen LogP contribution is -2.11. The van der Waals surface area contributed by atoms with Crippen LogP contribution in [0.3, 0.4) is 0 Å². The topological polar surface area (TPSA) is 61.8 Å². The maximum Gasteiger partial charge on any atom is 0.338 e. The van der Waals surface area contributed by atoms with Crippen molar-refractivity contribution in [3.63, 3.8) is 0 Å². The first-order valence-corrected chi connectivity index (χ1v) is 7.62. The first-order chi connectivity index (χ1) is 10.6. The van der Waals surface area contributed by atoms with Crippen molar-refractivity contribution in [2.75, 3.05) is 26.7 Å². The lowest BCUT2D eigenvalue weighted by atomic mass is 10.0. The Labute approximate surface area is 135 Å². The number of carbonyl (C=O) groups excluding carboxylic acids is 2. The van der Waals surface area contributed by atoms with Crippen LogP contribution in [0.4, 0.5) is 0 Å². The lowest BCUT2D eigenvalue weighted by Gasteiger charge is -2.11. The van der Waals surface area contributed by atoms with E-state index >= 15 is 0 Å². The maximum atomic E-state index is 11.7. The van der Waals surface area contributed by atoms with E-state index in [1.165, 1.54) is 14.2 Å². The quantitative estimate of drug-likeness (QED) is 0.396. The second kappa shape index (κ2) is 10.1. The van der Waals surface area contributed by atoms with Gasteiger partial charge in [0.1, 0.15) is 5.75 Å². The molecule has 0 radical (unpaired) electrons. The number of ether oxygens (including phenoxy) is 3. The fourth-order valence-electron chi connectivity index (χ4n) is 1.91. The van der Waals surface area contributed by atoms with Crippen molar-refractivity contribution in [3.05, 3.63) is 29.3 Å². The zero-order valence-electron chi connectivity index (χ0n) is 12.9. The fraction of sp³-hybridized carbons (Fsp3) is 0.500. The molecular weight excluding hydrogens is 308 g/mol. The summed E-state index contributed by atoms with van der Waals surface area (Å²) < 4.78 is 15.0. The highest BCUT2D eigenvalue weighted by Crippen LogP contribution is 2.20. The molecule has 0 N–H and O–H groups in total. The molecule has 0 aromatic heterocycles. The van der Waals surface area contributed by atoms with E-state index in [0.29, 0.717) is 29.4 Å². The first-order valence-electron chi connectivity index (χ1n) is 7.09. The van der Waals surface area contributed by atoms with Gasteiger partial charge in [0.05, 0.1) is 32.8 Å². The predicted molar refractivity (Wildman–Crippen MR) is 83.6 cm³/mol. The van der Waals surface area contributed by atoms with Gasteiger partial charge in [0.25, 0.3) is 0 Å². The van der Waals surface area contributed by atoms with Crippen LogP contribution in [0.1, 0.15) is 35.2 Å². The van der Waals surface area contributed by atoms with E-state index in [4.69, 9.17) is 21.1 Å². The van der Waals surface area contributed by atoms with Crippen molar-refractivity contribution in [2.24, 2.45) is 0 Å². The molecule has 0 unspecified atom stereocenters. The van der Waals surface area contributed by atoms with E-state index in [9.17, 15) is 9.59 Å². The normalized spacial score (nSPS) is 10.1. The van der Waals surface area contributed by atoms with Crippen LogP contribution in [-0.4, -0.2) is 38.6 Å². The van der Waals surface area contributed by atoms with E-state index in [2.05, 4.69) is 4.74 Å². The van der Waals surface area contributed by atoms with Gasteiger partial charge in [-0.2, -0.15) is 0 Å². The number of unbranched alkanes of at least 4 members (excludes halogenated alkanes) is 2. The molecule has 1 rings (SSSR count). The summed E-state index contributed by atoms with van der Waals surface area (Å²) in [6, 6.07) is 4.96. The number of methoxy groups -OCH3 is 2. The molecule has 6 heteroatoms. The Kier molecular flexibility index (Phi) is 8.36. The average Bonchev–Trinajstić information content (AvgIpc) is 2.54. The monoisotopic (exact) mass is 328 g/mol. The molecule has 0 saturated heterocycles. The van der Waals surface area contributed by atoms with E-state index in [0.717, 1.165) is 19.3 Å². The van der Waals surface area contributed by atoms with E-state index in [1.54, 1.807) is 18.2 Å². The molecule has 1 aromatic carbocycles. The minimum Gasteiger partial charge on any atom is -0.494 e. The Morgan fingerprint density at radius 1 is 1.09 bits per heavy atom. The molecular formula is C16H21ClO5. The molecule has 0 spiro atoms. The van der Waals surface area contributed by atoms with Gasteiger partial charge in [0.15, 0.2) is 0 Å². The molecule has 22 heavy (non-hydrogen) atoms. The lowest BCUT2D eigenvalue weighted by molar-refractivity contribution is -0.139. The van der Waals surface area contributed by atoms with E-state index in [1.807, 2.05) is 0 Å². The number of alkyl halides is 1. The van der Waals surface area contributed by atoms with Crippen molar-refractivity contribution >= 4 is 23.5 Å². The molecule has 0 bridgehead atoms. The van der Waals surface area contributed by atoms with Gasteiger partial charge in [-0.05, 0) is 43.0 Å². The number of rotatable bonds is 9. The van der Waals surface area contributed by atoms with Crippen molar-refractivity contribution in [3.8, 4) is 5.75 Å². The zero-order valence-corrected chi connectivity index (χ0v) is 13.6. The van der Waals surface area contributed by atoms with Gasteiger partial charge < -0.3 is 14.2 Å². The van der Waals surface area contributed by atoms with Gasteiger partial charge in [-0.3, -0.25) is 4.79 Å². The molecule has 0 aliphatic rings. The largest absolute Gasteiger partial charge is 0.494 e. The molecule has 0 atom stereocenters. The Morgan fingerprint density at radius 3 is 2.50 bits per heavy atom. The fourth-order valence-corrected chi connectivity index (χ4v) is 2.10. The van der Waals surface area contributed by atoms with Crippen LogP contribution in [0, 0.1) is 0 Å². The van der Waals surface area contributed by atoms with Gasteiger partial charge in [-0.1, -0.05) is 0 Å². The molecule has 122 valence electrons. The number of esters is 2. The molecule has 0 saturated carbocycles. The summed E-state index contributed by atoms with van der Waals surface area (Å²) in [7, 11) is 2.60. The van der Waals surface area contributed by atoms with Crippen LogP contribution in [0.2, 0.25) is 0 Å². The molecule has 0 amide bonds. The van der Waals surface area contributed by atoms with Crippen molar-refractivity contribution in [1.29, 1.82) is 0 Å². The summed E-state index contributed by atoms with van der Waals surface area (Å²) >= 11 is 5.61. The molecule has 1 aromatic rings. The molecule has 0 fully saturated rings. The van der Waals surface area contributed by atoms with Gasteiger partial charge >= 0.3 is 11.9 Å². The van der Waals surface area contributed by atoms with Gasteiger partial charge in [-0.25, -0.2) is 4.79 Å². The minimum absolute atomic E-state index is 0.00954. The van der Waals surface area contributed by atoms with Crippen LogP contribution >= 0.6 is 11.6 Å².